The predicted molar refractivity (Wildman–Crippen MR) is 30.3 cm³/mol. The van der Waals surface area contributed by atoms with Gasteiger partial charge in [0.15, 0.2) is 0 Å². The van der Waals surface area contributed by atoms with E-state index in [9.17, 15) is 17.6 Å². The van der Waals surface area contributed by atoms with Crippen molar-refractivity contribution < 1.29 is 22.3 Å². The van der Waals surface area contributed by atoms with E-state index in [0.717, 1.165) is 0 Å². The van der Waals surface area contributed by atoms with Gasteiger partial charge in [-0.15, -0.1) is 0 Å². The summed E-state index contributed by atoms with van der Waals surface area (Å²) in [6.07, 6.45) is 0. The molecule has 0 radical (unpaired) electrons. The van der Waals surface area contributed by atoms with Crippen molar-refractivity contribution >= 4 is 23.2 Å². The molecule has 0 amide bonds. The second-order valence-electron chi connectivity index (χ2n) is 2.11. The molecule has 1 nitrogen and oxygen atoms in total. The van der Waals surface area contributed by atoms with Gasteiger partial charge in [-0.2, -0.15) is 17.6 Å². The van der Waals surface area contributed by atoms with Gasteiger partial charge in [-0.25, -0.2) is 0 Å². The zero-order valence-electron chi connectivity index (χ0n) is 4.88. The van der Waals surface area contributed by atoms with Crippen LogP contribution in [0.2, 0.25) is 0 Å². The van der Waals surface area contributed by atoms with Crippen molar-refractivity contribution in [1.29, 1.82) is 0 Å². The Kier molecular flexibility index (Phi) is 1.82. The maximum atomic E-state index is 12.1. The fourth-order valence-electron chi connectivity index (χ4n) is 0.560. The maximum Gasteiger partial charge on any atom is 0.359 e. The lowest BCUT2D eigenvalue weighted by molar-refractivity contribution is -0.100. The molecule has 0 aromatic rings. The van der Waals surface area contributed by atoms with E-state index >= 15 is 0 Å². The summed E-state index contributed by atoms with van der Waals surface area (Å²) in [5.41, 5.74) is -3.01. The average molecular weight is 213 g/mol. The van der Waals surface area contributed by atoms with Gasteiger partial charge in [0.2, 0.25) is 5.60 Å². The van der Waals surface area contributed by atoms with Gasteiger partial charge in [-0.1, -0.05) is 0 Å². The number of hydrogen-bond acceptors (Lipinski definition) is 1. The Hall–Kier alpha value is 0.260. The quantitative estimate of drug-likeness (QED) is 0.389. The van der Waals surface area contributed by atoms with Gasteiger partial charge in [0.1, 0.15) is 0 Å². The van der Waals surface area contributed by atoms with Gasteiger partial charge in [-0.3, -0.25) is 0 Å². The zero-order valence-corrected chi connectivity index (χ0v) is 6.39. The van der Waals surface area contributed by atoms with Crippen LogP contribution in [0.1, 0.15) is 0 Å². The van der Waals surface area contributed by atoms with Gasteiger partial charge in [0.05, 0.1) is 6.61 Å². The fraction of sp³-hybridized carbons (Fsp3) is 1.00. The molecule has 1 aliphatic heterocycles. The summed E-state index contributed by atoms with van der Waals surface area (Å²) in [5.74, 6) is 0. The molecule has 1 heterocycles. The van der Waals surface area contributed by atoms with Crippen LogP contribution in [0.5, 0.6) is 0 Å². The third kappa shape index (κ3) is 1.29. The van der Waals surface area contributed by atoms with Crippen LogP contribution >= 0.6 is 23.2 Å². The molecular weight excluding hydrogens is 211 g/mol. The van der Waals surface area contributed by atoms with E-state index in [0.29, 0.717) is 0 Å². The first-order valence-corrected chi connectivity index (χ1v) is 3.24. The molecule has 0 N–H and O–H groups in total. The van der Waals surface area contributed by atoms with E-state index in [-0.39, 0.29) is 0 Å². The molecule has 0 aliphatic carbocycles. The average Bonchev–Trinajstić information content (AvgIpc) is 2.31. The van der Waals surface area contributed by atoms with Crippen LogP contribution in [0, 0.1) is 0 Å². The van der Waals surface area contributed by atoms with Crippen LogP contribution in [0.25, 0.3) is 0 Å². The number of halogens is 6. The van der Waals surface area contributed by atoms with Crippen LogP contribution in [-0.2, 0) is 4.74 Å². The summed E-state index contributed by atoms with van der Waals surface area (Å²) in [6, 6.07) is 0. The Morgan fingerprint density at radius 3 is 1.36 bits per heavy atom. The lowest BCUT2D eigenvalue weighted by Crippen LogP contribution is -2.44. The molecule has 0 aromatic carbocycles. The van der Waals surface area contributed by atoms with E-state index < -0.39 is 23.0 Å². The number of rotatable bonds is 2. The summed E-state index contributed by atoms with van der Waals surface area (Å²) < 4.78 is 52.4. The summed E-state index contributed by atoms with van der Waals surface area (Å²) >= 11 is 8.70. The summed E-state index contributed by atoms with van der Waals surface area (Å²) in [5, 5.41) is -8.28. The highest BCUT2D eigenvalue weighted by Crippen LogP contribution is 2.56. The SMILES string of the molecule is FC(F)(Cl)C1(C(F)(F)Cl)CO1. The van der Waals surface area contributed by atoms with Crippen LogP contribution in [0.4, 0.5) is 17.6 Å². The standard InChI is InChI=1S/C4H2Cl2F4O/c5-3(7,8)2(1-11-2)4(6,9)10/h1H2. The minimum absolute atomic E-state index is 0.833. The molecule has 7 heteroatoms. The molecule has 11 heavy (non-hydrogen) atoms. The van der Waals surface area contributed by atoms with E-state index in [1.807, 2.05) is 0 Å². The minimum atomic E-state index is -4.14. The second-order valence-corrected chi connectivity index (χ2v) is 3.06. The van der Waals surface area contributed by atoms with E-state index in [1.54, 1.807) is 0 Å². The highest BCUT2D eigenvalue weighted by atomic mass is 35.5. The van der Waals surface area contributed by atoms with E-state index in [4.69, 9.17) is 0 Å². The van der Waals surface area contributed by atoms with Gasteiger partial charge >= 0.3 is 10.8 Å². The largest absolute Gasteiger partial charge is 0.359 e. The first kappa shape index (κ1) is 9.35. The molecule has 0 bridgehead atoms. The smallest absolute Gasteiger partial charge is 0.355 e. The summed E-state index contributed by atoms with van der Waals surface area (Å²) in [7, 11) is 0. The topological polar surface area (TPSA) is 12.5 Å². The monoisotopic (exact) mass is 212 g/mol. The van der Waals surface area contributed by atoms with Crippen molar-refractivity contribution in [2.45, 2.75) is 16.4 Å². The Labute approximate surface area is 69.2 Å². The molecule has 0 atom stereocenters. The fourth-order valence-corrected chi connectivity index (χ4v) is 1.06. The Morgan fingerprint density at radius 1 is 1.09 bits per heavy atom. The van der Waals surface area contributed by atoms with Crippen molar-refractivity contribution in [3.05, 3.63) is 0 Å². The van der Waals surface area contributed by atoms with Crippen LogP contribution in [0.15, 0.2) is 0 Å². The van der Waals surface area contributed by atoms with Gasteiger partial charge < -0.3 is 4.74 Å². The lowest BCUT2D eigenvalue weighted by atomic mass is 10.2. The van der Waals surface area contributed by atoms with E-state index in [2.05, 4.69) is 27.9 Å². The number of alkyl halides is 6. The van der Waals surface area contributed by atoms with Crippen molar-refractivity contribution in [2.24, 2.45) is 0 Å². The normalized spacial score (nSPS) is 23.5. The lowest BCUT2D eigenvalue weighted by Gasteiger charge is -2.20. The molecule has 66 valence electrons. The zero-order chi connectivity index (χ0) is 8.91. The highest BCUT2D eigenvalue weighted by Gasteiger charge is 2.77. The van der Waals surface area contributed by atoms with Crippen LogP contribution < -0.4 is 0 Å². The molecule has 0 aromatic heterocycles. The molecule has 1 fully saturated rings. The summed E-state index contributed by atoms with van der Waals surface area (Å²) in [4.78, 5) is 0. The maximum absolute atomic E-state index is 12.1. The first-order chi connectivity index (χ1) is 4.71. The molecule has 0 unspecified atom stereocenters. The second kappa shape index (κ2) is 2.14. The van der Waals surface area contributed by atoms with Crippen molar-refractivity contribution in [1.82, 2.24) is 0 Å². The number of hydrogen-bond donors (Lipinski definition) is 0. The van der Waals surface area contributed by atoms with Crippen molar-refractivity contribution in [3.8, 4) is 0 Å². The molecule has 0 spiro atoms. The van der Waals surface area contributed by atoms with Crippen LogP contribution in [-0.4, -0.2) is 23.0 Å². The molecular formula is C4H2Cl2F4O. The third-order valence-electron chi connectivity index (χ3n) is 1.35. The van der Waals surface area contributed by atoms with Gasteiger partial charge in [0.25, 0.3) is 0 Å². The molecule has 0 saturated carbocycles. The minimum Gasteiger partial charge on any atom is -0.355 e. The van der Waals surface area contributed by atoms with Crippen LogP contribution in [0.3, 0.4) is 0 Å². The molecule has 1 rings (SSSR count). The number of ether oxygens (including phenoxy) is 1. The van der Waals surface area contributed by atoms with Crippen molar-refractivity contribution in [2.75, 3.05) is 6.61 Å². The third-order valence-corrected chi connectivity index (χ3v) is 1.96. The molecule has 1 saturated heterocycles. The Bertz CT molecular complexity index is 152. The van der Waals surface area contributed by atoms with E-state index in [1.165, 1.54) is 0 Å². The Balaban J connectivity index is 2.85. The molecule has 1 aliphatic rings. The summed E-state index contributed by atoms with van der Waals surface area (Å²) in [6.45, 7) is -0.833. The Morgan fingerprint density at radius 2 is 1.36 bits per heavy atom. The first-order valence-electron chi connectivity index (χ1n) is 2.48. The highest BCUT2D eigenvalue weighted by molar-refractivity contribution is 6.26. The number of epoxide rings is 1. The van der Waals surface area contributed by atoms with Gasteiger partial charge in [-0.05, 0) is 23.2 Å². The predicted octanol–water partition coefficient (Wildman–Crippen LogP) is 2.42. The van der Waals surface area contributed by atoms with Gasteiger partial charge in [0, 0.05) is 0 Å². The van der Waals surface area contributed by atoms with Crippen molar-refractivity contribution in [3.63, 3.8) is 0 Å².